The minimum Gasteiger partial charge on any atom is -0.387 e. The molecule has 82 valence electrons. The smallest absolute Gasteiger partial charge is 0.208 e. The lowest BCUT2D eigenvalue weighted by Gasteiger charge is -2.00. The van der Waals surface area contributed by atoms with E-state index in [2.05, 4.69) is 15.1 Å². The highest BCUT2D eigenvalue weighted by molar-refractivity contribution is 7.80. The summed E-state index contributed by atoms with van der Waals surface area (Å²) in [4.78, 5) is 8.26. The van der Waals surface area contributed by atoms with Crippen molar-refractivity contribution < 1.29 is 0 Å². The highest BCUT2D eigenvalue weighted by atomic mass is 32.1. The monoisotopic (exact) mass is 233 g/mol. The Hall–Kier alpha value is -1.82. The van der Waals surface area contributed by atoms with Crippen molar-refractivity contribution in [3.05, 3.63) is 42.2 Å². The molecule has 0 unspecified atom stereocenters. The number of thiocarbonyl (C=S) groups is 1. The molecule has 6 heteroatoms. The first kappa shape index (κ1) is 10.7. The molecular weight excluding hydrogens is 222 g/mol. The van der Waals surface area contributed by atoms with E-state index in [9.17, 15) is 0 Å². The summed E-state index contributed by atoms with van der Waals surface area (Å²) in [6.07, 6.45) is 6.08. The third-order valence-corrected chi connectivity index (χ3v) is 2.29. The molecule has 0 saturated heterocycles. The van der Waals surface area contributed by atoms with E-state index < -0.39 is 0 Å². The fourth-order valence-corrected chi connectivity index (χ4v) is 1.40. The number of rotatable bonds is 4. The molecule has 0 aliphatic carbocycles. The van der Waals surface area contributed by atoms with Gasteiger partial charge < -0.3 is 5.73 Å². The zero-order valence-corrected chi connectivity index (χ0v) is 9.39. The molecule has 2 rings (SSSR count). The van der Waals surface area contributed by atoms with Crippen LogP contribution >= 0.6 is 12.2 Å². The van der Waals surface area contributed by atoms with Crippen molar-refractivity contribution in [1.29, 1.82) is 0 Å². The lowest BCUT2D eigenvalue weighted by molar-refractivity contribution is 0.611. The van der Waals surface area contributed by atoms with Gasteiger partial charge in [0, 0.05) is 18.9 Å². The van der Waals surface area contributed by atoms with Crippen molar-refractivity contribution in [3.8, 4) is 0 Å². The second-order valence-electron chi connectivity index (χ2n) is 3.31. The first-order valence-electron chi connectivity index (χ1n) is 4.84. The molecule has 0 spiro atoms. The summed E-state index contributed by atoms with van der Waals surface area (Å²) in [6.45, 7) is 0.737. The Morgan fingerprint density at radius 3 is 3.00 bits per heavy atom. The van der Waals surface area contributed by atoms with Crippen molar-refractivity contribution in [2.24, 2.45) is 5.73 Å². The van der Waals surface area contributed by atoms with Gasteiger partial charge in [-0.15, -0.1) is 5.10 Å². The summed E-state index contributed by atoms with van der Waals surface area (Å²) in [5.74, 6) is 0.418. The second kappa shape index (κ2) is 4.80. The van der Waals surface area contributed by atoms with Crippen LogP contribution in [-0.2, 0) is 13.0 Å². The van der Waals surface area contributed by atoms with Gasteiger partial charge in [0.2, 0.25) is 5.82 Å². The Kier molecular flexibility index (Phi) is 3.21. The molecule has 2 aromatic heterocycles. The fraction of sp³-hybridized carbons (Fsp3) is 0.200. The average Bonchev–Trinajstić information content (AvgIpc) is 2.76. The van der Waals surface area contributed by atoms with Crippen molar-refractivity contribution in [3.63, 3.8) is 0 Å². The van der Waals surface area contributed by atoms with E-state index in [0.717, 1.165) is 18.5 Å². The molecule has 2 aromatic rings. The molecule has 2 N–H and O–H groups in total. The highest BCUT2D eigenvalue weighted by Crippen LogP contribution is 1.99. The SMILES string of the molecule is NC(=S)c1ncn(CCc2cccnc2)n1. The maximum atomic E-state index is 5.42. The van der Waals surface area contributed by atoms with Gasteiger partial charge >= 0.3 is 0 Å². The van der Waals surface area contributed by atoms with Gasteiger partial charge in [-0.25, -0.2) is 4.98 Å². The number of nitrogens with two attached hydrogens (primary N) is 1. The van der Waals surface area contributed by atoms with Gasteiger partial charge in [-0.3, -0.25) is 9.67 Å². The largest absolute Gasteiger partial charge is 0.387 e. The molecule has 5 nitrogen and oxygen atoms in total. The third kappa shape index (κ3) is 2.60. The van der Waals surface area contributed by atoms with Gasteiger partial charge in [0.25, 0.3) is 0 Å². The Morgan fingerprint density at radius 2 is 2.38 bits per heavy atom. The molecule has 0 saturated carbocycles. The highest BCUT2D eigenvalue weighted by Gasteiger charge is 2.02. The quantitative estimate of drug-likeness (QED) is 0.781. The molecular formula is C10H11N5S. The zero-order chi connectivity index (χ0) is 11.4. The summed E-state index contributed by atoms with van der Waals surface area (Å²) in [7, 11) is 0. The van der Waals surface area contributed by atoms with E-state index in [-0.39, 0.29) is 4.99 Å². The molecule has 0 aliphatic heterocycles. The van der Waals surface area contributed by atoms with Gasteiger partial charge in [-0.05, 0) is 18.1 Å². The second-order valence-corrected chi connectivity index (χ2v) is 3.75. The van der Waals surface area contributed by atoms with E-state index in [4.69, 9.17) is 18.0 Å². The minimum atomic E-state index is 0.222. The summed E-state index contributed by atoms with van der Waals surface area (Å²) < 4.78 is 1.72. The number of hydrogen-bond acceptors (Lipinski definition) is 4. The van der Waals surface area contributed by atoms with Crippen LogP contribution in [0.3, 0.4) is 0 Å². The summed E-state index contributed by atoms with van der Waals surface area (Å²) in [5.41, 5.74) is 6.58. The van der Waals surface area contributed by atoms with Gasteiger partial charge in [0.05, 0.1) is 0 Å². The Bertz CT molecular complexity index is 479. The lowest BCUT2D eigenvalue weighted by Crippen LogP contribution is -2.12. The molecule has 0 amide bonds. The van der Waals surface area contributed by atoms with Crippen LogP contribution in [0.4, 0.5) is 0 Å². The predicted molar refractivity (Wildman–Crippen MR) is 63.9 cm³/mol. The van der Waals surface area contributed by atoms with Crippen molar-refractivity contribution in [1.82, 2.24) is 19.7 Å². The molecule has 0 fully saturated rings. The van der Waals surface area contributed by atoms with Crippen LogP contribution in [0.1, 0.15) is 11.4 Å². The first-order chi connectivity index (χ1) is 7.75. The topological polar surface area (TPSA) is 69.6 Å². The molecule has 16 heavy (non-hydrogen) atoms. The minimum absolute atomic E-state index is 0.222. The van der Waals surface area contributed by atoms with Gasteiger partial charge in [-0.1, -0.05) is 18.3 Å². The number of aryl methyl sites for hydroxylation is 2. The van der Waals surface area contributed by atoms with Crippen LogP contribution < -0.4 is 5.73 Å². The summed E-state index contributed by atoms with van der Waals surface area (Å²) >= 11 is 4.78. The predicted octanol–water partition coefficient (Wildman–Crippen LogP) is 0.550. The normalized spacial score (nSPS) is 10.2. The van der Waals surface area contributed by atoms with Crippen LogP contribution in [0, 0.1) is 0 Å². The Morgan fingerprint density at radius 1 is 1.50 bits per heavy atom. The summed E-state index contributed by atoms with van der Waals surface area (Å²) in [6, 6.07) is 3.94. The average molecular weight is 233 g/mol. The molecule has 0 aromatic carbocycles. The number of aromatic nitrogens is 4. The van der Waals surface area contributed by atoms with Gasteiger partial charge in [-0.2, -0.15) is 0 Å². The Balaban J connectivity index is 1.97. The standard InChI is InChI=1S/C10H11N5S/c11-9(16)10-13-7-15(14-10)5-3-8-2-1-4-12-6-8/h1-2,4,6-7H,3,5H2,(H2,11,16). The molecule has 0 atom stereocenters. The fourth-order valence-electron chi connectivity index (χ4n) is 1.30. The number of pyridine rings is 1. The number of nitrogens with zero attached hydrogens (tertiary/aromatic N) is 4. The van der Waals surface area contributed by atoms with Crippen LogP contribution in [0.25, 0.3) is 0 Å². The molecule has 0 bridgehead atoms. The van der Waals surface area contributed by atoms with E-state index in [1.165, 1.54) is 0 Å². The van der Waals surface area contributed by atoms with Crippen LogP contribution in [0.2, 0.25) is 0 Å². The summed E-state index contributed by atoms with van der Waals surface area (Å²) in [5, 5.41) is 4.14. The number of hydrogen-bond donors (Lipinski definition) is 1. The van der Waals surface area contributed by atoms with Crippen molar-refractivity contribution >= 4 is 17.2 Å². The van der Waals surface area contributed by atoms with Gasteiger partial charge in [0.1, 0.15) is 11.3 Å². The Labute approximate surface area is 98.3 Å². The molecule has 2 heterocycles. The molecule has 0 radical (unpaired) electrons. The maximum absolute atomic E-state index is 5.42. The molecule has 0 aliphatic rings. The van der Waals surface area contributed by atoms with Crippen molar-refractivity contribution in [2.75, 3.05) is 0 Å². The van der Waals surface area contributed by atoms with E-state index in [0.29, 0.717) is 5.82 Å². The third-order valence-electron chi connectivity index (χ3n) is 2.11. The zero-order valence-electron chi connectivity index (χ0n) is 8.58. The van der Waals surface area contributed by atoms with E-state index >= 15 is 0 Å². The van der Waals surface area contributed by atoms with E-state index in [1.807, 2.05) is 18.3 Å². The van der Waals surface area contributed by atoms with E-state index in [1.54, 1.807) is 17.2 Å². The van der Waals surface area contributed by atoms with Crippen LogP contribution in [0.15, 0.2) is 30.9 Å². The maximum Gasteiger partial charge on any atom is 0.208 e. The van der Waals surface area contributed by atoms with Crippen LogP contribution in [-0.4, -0.2) is 24.7 Å². The first-order valence-corrected chi connectivity index (χ1v) is 5.24. The van der Waals surface area contributed by atoms with Crippen molar-refractivity contribution in [2.45, 2.75) is 13.0 Å². The lowest BCUT2D eigenvalue weighted by atomic mass is 10.2. The van der Waals surface area contributed by atoms with Gasteiger partial charge in [0.15, 0.2) is 0 Å². The van der Waals surface area contributed by atoms with Crippen LogP contribution in [0.5, 0.6) is 0 Å².